The van der Waals surface area contributed by atoms with Crippen LogP contribution in [0.3, 0.4) is 0 Å². The van der Waals surface area contributed by atoms with Crippen LogP contribution in [-0.2, 0) is 6.42 Å². The molecule has 2 unspecified atom stereocenters. The molecule has 17 heavy (non-hydrogen) atoms. The van der Waals surface area contributed by atoms with Crippen molar-refractivity contribution in [3.63, 3.8) is 0 Å². The highest BCUT2D eigenvalue weighted by atomic mass is 15.3. The second kappa shape index (κ2) is 6.80. The molecule has 0 aromatic carbocycles. The maximum Gasteiger partial charge on any atom is 0.0640 e. The van der Waals surface area contributed by atoms with Crippen LogP contribution in [0.2, 0.25) is 0 Å². The third-order valence-electron chi connectivity index (χ3n) is 3.81. The number of aromatic nitrogens is 2. The Morgan fingerprint density at radius 3 is 2.41 bits per heavy atom. The molecule has 0 amide bonds. The van der Waals surface area contributed by atoms with E-state index in [2.05, 4.69) is 49.7 Å². The van der Waals surface area contributed by atoms with E-state index in [0.717, 1.165) is 31.4 Å². The van der Waals surface area contributed by atoms with Gasteiger partial charge in [-0.05, 0) is 25.3 Å². The molecule has 0 aliphatic heterocycles. The molecule has 0 radical (unpaired) electrons. The van der Waals surface area contributed by atoms with Crippen LogP contribution in [0.15, 0.2) is 12.3 Å². The van der Waals surface area contributed by atoms with Crippen molar-refractivity contribution in [2.45, 2.75) is 65.5 Å². The summed E-state index contributed by atoms with van der Waals surface area (Å²) < 4.78 is 2.05. The van der Waals surface area contributed by atoms with Gasteiger partial charge in [0, 0.05) is 24.7 Å². The van der Waals surface area contributed by atoms with Crippen LogP contribution in [0, 0.1) is 5.92 Å². The predicted molar refractivity (Wildman–Crippen MR) is 73.0 cm³/mol. The fourth-order valence-electron chi connectivity index (χ4n) is 2.22. The third kappa shape index (κ3) is 3.84. The Bertz CT molecular complexity index is 315. The van der Waals surface area contributed by atoms with Crippen LogP contribution in [-0.4, -0.2) is 15.8 Å². The molecular weight excluding hydrogens is 210 g/mol. The van der Waals surface area contributed by atoms with Gasteiger partial charge in [-0.15, -0.1) is 0 Å². The van der Waals surface area contributed by atoms with Crippen LogP contribution >= 0.6 is 0 Å². The van der Waals surface area contributed by atoms with E-state index in [1.54, 1.807) is 0 Å². The molecule has 3 heteroatoms. The number of hydrogen-bond donors (Lipinski definition) is 1. The zero-order valence-electron chi connectivity index (χ0n) is 11.7. The predicted octanol–water partition coefficient (Wildman–Crippen LogP) is 3.16. The topological polar surface area (TPSA) is 43.8 Å². The monoisotopic (exact) mass is 237 g/mol. The minimum absolute atomic E-state index is 0.241. The zero-order chi connectivity index (χ0) is 12.8. The average Bonchev–Trinajstić information content (AvgIpc) is 2.78. The maximum absolute atomic E-state index is 6.24. The molecular formula is C14H27N3. The molecule has 0 bridgehead atoms. The summed E-state index contributed by atoms with van der Waals surface area (Å²) >= 11 is 0. The smallest absolute Gasteiger partial charge is 0.0640 e. The first-order valence-corrected chi connectivity index (χ1v) is 6.91. The zero-order valence-corrected chi connectivity index (χ0v) is 11.7. The lowest BCUT2D eigenvalue weighted by atomic mass is 9.92. The Labute approximate surface area is 105 Å². The van der Waals surface area contributed by atoms with Gasteiger partial charge in [-0.1, -0.05) is 33.6 Å². The maximum atomic E-state index is 6.24. The molecule has 0 saturated carbocycles. The fraction of sp³-hybridized carbons (Fsp3) is 0.786. The van der Waals surface area contributed by atoms with Gasteiger partial charge in [0.25, 0.3) is 0 Å². The van der Waals surface area contributed by atoms with Crippen molar-refractivity contribution in [2.75, 3.05) is 0 Å². The van der Waals surface area contributed by atoms with Crippen molar-refractivity contribution < 1.29 is 0 Å². The lowest BCUT2D eigenvalue weighted by molar-refractivity contribution is 0.388. The van der Waals surface area contributed by atoms with Gasteiger partial charge < -0.3 is 5.73 Å². The second-order valence-electron chi connectivity index (χ2n) is 4.99. The standard InChI is InChI=1S/C14H27N3/c1-5-11(4)17-9-8-13(16-17)10-14(15)12(6-2)7-3/h8-9,11-12,14H,5-7,10,15H2,1-4H3. The number of nitrogens with zero attached hydrogens (tertiary/aromatic N) is 2. The number of rotatable bonds is 7. The van der Waals surface area contributed by atoms with E-state index in [1.165, 1.54) is 0 Å². The highest BCUT2D eigenvalue weighted by Crippen LogP contribution is 2.16. The largest absolute Gasteiger partial charge is 0.327 e. The Morgan fingerprint density at radius 2 is 1.88 bits per heavy atom. The van der Waals surface area contributed by atoms with Crippen molar-refractivity contribution in [3.05, 3.63) is 18.0 Å². The summed E-state index contributed by atoms with van der Waals surface area (Å²) in [6.45, 7) is 8.80. The highest BCUT2D eigenvalue weighted by Gasteiger charge is 2.16. The molecule has 0 spiro atoms. The van der Waals surface area contributed by atoms with Gasteiger partial charge in [-0.25, -0.2) is 0 Å². The van der Waals surface area contributed by atoms with E-state index in [-0.39, 0.29) is 6.04 Å². The van der Waals surface area contributed by atoms with Gasteiger partial charge in [0.1, 0.15) is 0 Å². The van der Waals surface area contributed by atoms with Gasteiger partial charge in [-0.2, -0.15) is 5.10 Å². The van der Waals surface area contributed by atoms with Gasteiger partial charge in [0.2, 0.25) is 0 Å². The van der Waals surface area contributed by atoms with Crippen LogP contribution in [0.4, 0.5) is 0 Å². The van der Waals surface area contributed by atoms with Gasteiger partial charge >= 0.3 is 0 Å². The summed E-state index contributed by atoms with van der Waals surface area (Å²) in [5, 5.41) is 4.61. The molecule has 98 valence electrons. The Hall–Kier alpha value is -0.830. The van der Waals surface area contributed by atoms with E-state index >= 15 is 0 Å². The van der Waals surface area contributed by atoms with Crippen molar-refractivity contribution in [2.24, 2.45) is 11.7 Å². The van der Waals surface area contributed by atoms with Crippen LogP contribution in [0.1, 0.15) is 58.7 Å². The van der Waals surface area contributed by atoms with Crippen LogP contribution in [0.5, 0.6) is 0 Å². The summed E-state index contributed by atoms with van der Waals surface area (Å²) in [6, 6.07) is 2.83. The summed E-state index contributed by atoms with van der Waals surface area (Å²) in [4.78, 5) is 0. The average molecular weight is 237 g/mol. The summed E-state index contributed by atoms with van der Waals surface area (Å²) in [5.74, 6) is 0.615. The quantitative estimate of drug-likeness (QED) is 0.791. The molecule has 0 aliphatic rings. The van der Waals surface area contributed by atoms with Gasteiger partial charge in [0.05, 0.1) is 5.69 Å². The van der Waals surface area contributed by atoms with Crippen molar-refractivity contribution in [1.29, 1.82) is 0 Å². The number of hydrogen-bond acceptors (Lipinski definition) is 2. The second-order valence-corrected chi connectivity index (χ2v) is 4.99. The van der Waals surface area contributed by atoms with Gasteiger partial charge in [0.15, 0.2) is 0 Å². The SMILES string of the molecule is CCC(CC)C(N)Cc1ccn(C(C)CC)n1. The normalized spacial score (nSPS) is 15.2. The minimum Gasteiger partial charge on any atom is -0.327 e. The molecule has 0 saturated heterocycles. The van der Waals surface area contributed by atoms with E-state index in [1.807, 2.05) is 0 Å². The molecule has 1 aromatic rings. The van der Waals surface area contributed by atoms with E-state index in [9.17, 15) is 0 Å². The summed E-state index contributed by atoms with van der Waals surface area (Å²) in [5.41, 5.74) is 7.37. The van der Waals surface area contributed by atoms with Crippen molar-refractivity contribution >= 4 is 0 Å². The molecule has 3 nitrogen and oxygen atoms in total. The molecule has 1 heterocycles. The molecule has 2 N–H and O–H groups in total. The first-order valence-electron chi connectivity index (χ1n) is 6.91. The van der Waals surface area contributed by atoms with E-state index < -0.39 is 0 Å². The van der Waals surface area contributed by atoms with Gasteiger partial charge in [-0.3, -0.25) is 4.68 Å². The lowest BCUT2D eigenvalue weighted by Gasteiger charge is -2.20. The van der Waals surface area contributed by atoms with Crippen LogP contribution in [0.25, 0.3) is 0 Å². The highest BCUT2D eigenvalue weighted by molar-refractivity contribution is 5.02. The van der Waals surface area contributed by atoms with E-state index in [4.69, 9.17) is 5.73 Å². The molecule has 1 rings (SSSR count). The van der Waals surface area contributed by atoms with Crippen LogP contribution < -0.4 is 5.73 Å². The fourth-order valence-corrected chi connectivity index (χ4v) is 2.22. The first kappa shape index (κ1) is 14.2. The first-order chi connectivity index (χ1) is 8.12. The third-order valence-corrected chi connectivity index (χ3v) is 3.81. The molecule has 1 aromatic heterocycles. The molecule has 0 aliphatic carbocycles. The Morgan fingerprint density at radius 1 is 1.24 bits per heavy atom. The molecule has 0 fully saturated rings. The Balaban J connectivity index is 2.59. The minimum atomic E-state index is 0.241. The van der Waals surface area contributed by atoms with Crippen molar-refractivity contribution in [1.82, 2.24) is 9.78 Å². The molecule has 2 atom stereocenters. The number of nitrogens with two attached hydrogens (primary N) is 1. The van der Waals surface area contributed by atoms with Crippen molar-refractivity contribution in [3.8, 4) is 0 Å². The van der Waals surface area contributed by atoms with E-state index in [0.29, 0.717) is 12.0 Å². The summed E-state index contributed by atoms with van der Waals surface area (Å²) in [6.07, 6.45) is 6.39. The summed E-state index contributed by atoms with van der Waals surface area (Å²) in [7, 11) is 0. The Kier molecular flexibility index (Phi) is 5.69. The lowest BCUT2D eigenvalue weighted by Crippen LogP contribution is -2.31.